The number of nitrogens with zero attached hydrogens (tertiary/aromatic N) is 3. The molecule has 0 spiro atoms. The van der Waals surface area contributed by atoms with Crippen molar-refractivity contribution in [1.82, 2.24) is 9.97 Å². The van der Waals surface area contributed by atoms with Crippen molar-refractivity contribution >= 4 is 32.6 Å². The number of carbonyl (C=O) groups is 1. The van der Waals surface area contributed by atoms with Crippen molar-refractivity contribution < 1.29 is 19.0 Å². The van der Waals surface area contributed by atoms with Crippen molar-refractivity contribution in [2.45, 2.75) is 6.54 Å². The van der Waals surface area contributed by atoms with Crippen molar-refractivity contribution in [3.8, 4) is 23.0 Å². The predicted molar refractivity (Wildman–Crippen MR) is 140 cm³/mol. The number of methoxy groups -OCH3 is 2. The van der Waals surface area contributed by atoms with Crippen molar-refractivity contribution in [3.05, 3.63) is 102 Å². The molecule has 7 nitrogen and oxygen atoms in total. The lowest BCUT2D eigenvalue weighted by atomic mass is 10.1. The highest BCUT2D eigenvalue weighted by Gasteiger charge is 2.23. The summed E-state index contributed by atoms with van der Waals surface area (Å²) < 4.78 is 17.6. The van der Waals surface area contributed by atoms with Crippen LogP contribution in [0, 0.1) is 0 Å². The van der Waals surface area contributed by atoms with Crippen LogP contribution < -0.4 is 19.1 Å². The Balaban J connectivity index is 1.48. The lowest BCUT2D eigenvalue weighted by Gasteiger charge is -2.20. The van der Waals surface area contributed by atoms with E-state index < -0.39 is 0 Å². The average Bonchev–Trinajstić information content (AvgIpc) is 3.34. The molecule has 2 aromatic heterocycles. The van der Waals surface area contributed by atoms with Gasteiger partial charge in [-0.05, 0) is 48.0 Å². The fourth-order valence-corrected chi connectivity index (χ4v) is 4.68. The Morgan fingerprint density at radius 1 is 0.889 bits per heavy atom. The van der Waals surface area contributed by atoms with E-state index in [9.17, 15) is 4.79 Å². The molecule has 0 N–H and O–H groups in total. The van der Waals surface area contributed by atoms with E-state index >= 15 is 0 Å². The lowest BCUT2D eigenvalue weighted by Crippen LogP contribution is -2.30. The minimum atomic E-state index is -0.178. The van der Waals surface area contributed by atoms with Crippen LogP contribution in [0.2, 0.25) is 0 Å². The lowest BCUT2D eigenvalue weighted by molar-refractivity contribution is 0.0985. The van der Waals surface area contributed by atoms with Gasteiger partial charge in [0.25, 0.3) is 5.91 Å². The molecule has 8 heteroatoms. The summed E-state index contributed by atoms with van der Waals surface area (Å²) in [5, 5.41) is 0.568. The van der Waals surface area contributed by atoms with Crippen molar-refractivity contribution in [1.29, 1.82) is 0 Å². The van der Waals surface area contributed by atoms with Gasteiger partial charge in [0.1, 0.15) is 11.5 Å². The molecule has 180 valence electrons. The quantitative estimate of drug-likeness (QED) is 0.249. The summed E-state index contributed by atoms with van der Waals surface area (Å²) in [4.78, 5) is 24.3. The zero-order valence-corrected chi connectivity index (χ0v) is 20.6. The first-order chi connectivity index (χ1) is 17.6. The van der Waals surface area contributed by atoms with Crippen molar-refractivity contribution in [2.75, 3.05) is 19.1 Å². The number of benzene rings is 3. The normalized spacial score (nSPS) is 10.7. The summed E-state index contributed by atoms with van der Waals surface area (Å²) in [5.74, 6) is 2.40. The van der Waals surface area contributed by atoms with Crippen LogP contribution in [0.15, 0.2) is 91.3 Å². The predicted octanol–water partition coefficient (Wildman–Crippen LogP) is 6.35. The van der Waals surface area contributed by atoms with Gasteiger partial charge in [-0.15, -0.1) is 0 Å². The van der Waals surface area contributed by atoms with Crippen LogP contribution in [0.1, 0.15) is 15.9 Å². The Morgan fingerprint density at radius 3 is 2.31 bits per heavy atom. The average molecular weight is 498 g/mol. The maximum Gasteiger partial charge on any atom is 0.260 e. The molecule has 2 heterocycles. The third-order valence-electron chi connectivity index (χ3n) is 5.50. The SMILES string of the molecule is COc1cc2nc(N(Cc3cccnc3)C(=O)c3ccc(Oc4ccccc4)cc3)sc2cc1OC. The van der Waals surface area contributed by atoms with Gasteiger partial charge in [-0.1, -0.05) is 35.6 Å². The van der Waals surface area contributed by atoms with Gasteiger partial charge in [-0.25, -0.2) is 4.98 Å². The summed E-state index contributed by atoms with van der Waals surface area (Å²) >= 11 is 1.41. The molecule has 0 unspecified atom stereocenters. The number of fused-ring (bicyclic) bond motifs is 1. The molecule has 0 aliphatic heterocycles. The third kappa shape index (κ3) is 4.99. The zero-order valence-electron chi connectivity index (χ0n) is 19.8. The minimum absolute atomic E-state index is 0.178. The maximum atomic E-state index is 13.7. The van der Waals surface area contributed by atoms with Crippen LogP contribution in [0.5, 0.6) is 23.0 Å². The Labute approximate surface area is 212 Å². The molecule has 0 aliphatic carbocycles. The smallest absolute Gasteiger partial charge is 0.260 e. The number of para-hydroxylation sites is 1. The molecular weight excluding hydrogens is 474 g/mol. The molecule has 3 aromatic carbocycles. The van der Waals surface area contributed by atoms with Gasteiger partial charge < -0.3 is 14.2 Å². The van der Waals surface area contributed by atoms with Crippen LogP contribution in [0.3, 0.4) is 0 Å². The van der Waals surface area contributed by atoms with Gasteiger partial charge in [-0.3, -0.25) is 14.7 Å². The molecule has 0 bridgehead atoms. The Kier molecular flexibility index (Phi) is 6.77. The van der Waals surface area contributed by atoms with Crippen LogP contribution >= 0.6 is 11.3 Å². The number of rotatable bonds is 8. The molecule has 36 heavy (non-hydrogen) atoms. The number of anilines is 1. The molecule has 0 radical (unpaired) electrons. The molecule has 0 saturated carbocycles. The molecule has 0 saturated heterocycles. The van der Waals surface area contributed by atoms with Crippen LogP contribution in [-0.2, 0) is 6.54 Å². The first kappa shape index (κ1) is 23.3. The molecule has 0 atom stereocenters. The monoisotopic (exact) mass is 497 g/mol. The number of amides is 1. The molecule has 0 aliphatic rings. The van der Waals surface area contributed by atoms with E-state index in [-0.39, 0.29) is 5.91 Å². The van der Waals surface area contributed by atoms with Gasteiger partial charge >= 0.3 is 0 Å². The number of ether oxygens (including phenoxy) is 3. The van der Waals surface area contributed by atoms with Gasteiger partial charge in [-0.2, -0.15) is 0 Å². The molecule has 5 aromatic rings. The highest BCUT2D eigenvalue weighted by Crippen LogP contribution is 2.38. The van der Waals surface area contributed by atoms with E-state index in [0.717, 1.165) is 21.5 Å². The minimum Gasteiger partial charge on any atom is -0.493 e. The van der Waals surface area contributed by atoms with E-state index in [0.29, 0.717) is 34.5 Å². The molecule has 0 fully saturated rings. The van der Waals surface area contributed by atoms with E-state index in [1.54, 1.807) is 55.8 Å². The fourth-order valence-electron chi connectivity index (χ4n) is 3.70. The standard InChI is InChI=1S/C28H23N3O4S/c1-33-24-15-23-26(16-25(24)34-2)36-28(30-23)31(18-19-7-6-14-29-17-19)27(32)20-10-12-22(13-11-20)35-21-8-4-3-5-9-21/h3-17H,18H2,1-2H3. The maximum absolute atomic E-state index is 13.7. The molecule has 5 rings (SSSR count). The van der Waals surface area contributed by atoms with Crippen molar-refractivity contribution in [3.63, 3.8) is 0 Å². The van der Waals surface area contributed by atoms with Gasteiger partial charge in [0, 0.05) is 30.1 Å². The fraction of sp³-hybridized carbons (Fsp3) is 0.107. The summed E-state index contributed by atoms with van der Waals surface area (Å²) in [7, 11) is 3.18. The van der Waals surface area contributed by atoms with Gasteiger partial charge in [0.05, 0.1) is 31.0 Å². The second-order valence-electron chi connectivity index (χ2n) is 7.86. The number of pyridine rings is 1. The highest BCUT2D eigenvalue weighted by atomic mass is 32.1. The van der Waals surface area contributed by atoms with E-state index in [1.165, 1.54) is 11.3 Å². The van der Waals surface area contributed by atoms with Crippen LogP contribution in [0.25, 0.3) is 10.2 Å². The number of carbonyl (C=O) groups excluding carboxylic acids is 1. The highest BCUT2D eigenvalue weighted by molar-refractivity contribution is 7.22. The largest absolute Gasteiger partial charge is 0.493 e. The Hall–Kier alpha value is -4.43. The van der Waals surface area contributed by atoms with Crippen molar-refractivity contribution in [2.24, 2.45) is 0 Å². The number of aromatic nitrogens is 2. The van der Waals surface area contributed by atoms with E-state index in [1.807, 2.05) is 54.6 Å². The van der Waals surface area contributed by atoms with Gasteiger partial charge in [0.2, 0.25) is 0 Å². The van der Waals surface area contributed by atoms with E-state index in [4.69, 9.17) is 19.2 Å². The number of hydrogen-bond acceptors (Lipinski definition) is 7. The molecule has 1 amide bonds. The summed E-state index contributed by atoms with van der Waals surface area (Å²) in [6.07, 6.45) is 3.45. The van der Waals surface area contributed by atoms with Gasteiger partial charge in [0.15, 0.2) is 16.6 Å². The Morgan fingerprint density at radius 2 is 1.61 bits per heavy atom. The zero-order chi connectivity index (χ0) is 24.9. The molecular formula is C28H23N3O4S. The first-order valence-corrected chi connectivity index (χ1v) is 12.0. The second-order valence-corrected chi connectivity index (χ2v) is 8.87. The summed E-state index contributed by atoms with van der Waals surface area (Å²) in [6, 6.07) is 24.1. The second kappa shape index (κ2) is 10.5. The van der Waals surface area contributed by atoms with E-state index in [2.05, 4.69) is 4.98 Å². The number of thiazole rings is 1. The topological polar surface area (TPSA) is 73.8 Å². The van der Waals surface area contributed by atoms with Crippen LogP contribution in [-0.4, -0.2) is 30.1 Å². The van der Waals surface area contributed by atoms with Crippen LogP contribution in [0.4, 0.5) is 5.13 Å². The first-order valence-electron chi connectivity index (χ1n) is 11.2. The number of hydrogen-bond donors (Lipinski definition) is 0. The summed E-state index contributed by atoms with van der Waals surface area (Å²) in [6.45, 7) is 0.322. The summed E-state index contributed by atoms with van der Waals surface area (Å²) in [5.41, 5.74) is 2.14. The Bertz CT molecular complexity index is 1430. The third-order valence-corrected chi connectivity index (χ3v) is 6.54.